The highest BCUT2D eigenvalue weighted by atomic mass is 16.3. The Kier molecular flexibility index (Phi) is 4.63. The van der Waals surface area contributed by atoms with Crippen LogP contribution in [0.1, 0.15) is 12.7 Å². The van der Waals surface area contributed by atoms with Crippen molar-refractivity contribution in [3.63, 3.8) is 0 Å². The minimum Gasteiger partial charge on any atom is -0.392 e. The summed E-state index contributed by atoms with van der Waals surface area (Å²) in [5.41, 5.74) is 1.94. The summed E-state index contributed by atoms with van der Waals surface area (Å²) < 4.78 is 1.72. The summed E-state index contributed by atoms with van der Waals surface area (Å²) in [7, 11) is 0. The molecule has 0 saturated carbocycles. The lowest BCUT2D eigenvalue weighted by atomic mass is 10.2. The maximum Gasteiger partial charge on any atom is 0.175 e. The van der Waals surface area contributed by atoms with Crippen molar-refractivity contribution in [1.82, 2.24) is 20.2 Å². The molecule has 0 spiro atoms. The molecule has 1 heterocycles. The van der Waals surface area contributed by atoms with E-state index in [0.717, 1.165) is 17.2 Å². The Morgan fingerprint density at radius 3 is 2.35 bits per heavy atom. The van der Waals surface area contributed by atoms with E-state index in [0.29, 0.717) is 13.1 Å². The van der Waals surface area contributed by atoms with E-state index in [9.17, 15) is 5.11 Å². The number of nitrogens with zero attached hydrogens (tertiary/aromatic N) is 5. The van der Waals surface area contributed by atoms with Crippen LogP contribution in [0.4, 0.5) is 5.69 Å². The lowest BCUT2D eigenvalue weighted by molar-refractivity contribution is 0.199. The average Bonchev–Trinajstić information content (AvgIpc) is 3.04. The monoisotopic (exact) mass is 309 g/mol. The van der Waals surface area contributed by atoms with Gasteiger partial charge in [-0.15, -0.1) is 5.10 Å². The minimum atomic E-state index is -0.448. The first-order valence-corrected chi connectivity index (χ1v) is 7.55. The zero-order valence-corrected chi connectivity index (χ0v) is 12.9. The van der Waals surface area contributed by atoms with Crippen LogP contribution < -0.4 is 4.90 Å². The third kappa shape index (κ3) is 3.73. The quantitative estimate of drug-likeness (QED) is 0.755. The van der Waals surface area contributed by atoms with Crippen molar-refractivity contribution in [1.29, 1.82) is 0 Å². The third-order valence-corrected chi connectivity index (χ3v) is 3.47. The molecule has 1 N–H and O–H groups in total. The summed E-state index contributed by atoms with van der Waals surface area (Å²) >= 11 is 0. The maximum absolute atomic E-state index is 9.80. The van der Waals surface area contributed by atoms with Crippen LogP contribution in [0.5, 0.6) is 0 Å². The molecule has 0 amide bonds. The fourth-order valence-corrected chi connectivity index (χ4v) is 2.46. The first-order chi connectivity index (χ1) is 11.2. The van der Waals surface area contributed by atoms with E-state index in [4.69, 9.17) is 0 Å². The maximum atomic E-state index is 9.80. The standard InChI is InChI=1S/C17H19N5O/c1-14(23)12-21(15-8-4-2-5-9-15)13-17-18-19-20-22(17)16-10-6-3-7-11-16/h2-11,14,23H,12-13H2,1H3/t14-/m1/s1. The smallest absolute Gasteiger partial charge is 0.175 e. The van der Waals surface area contributed by atoms with Gasteiger partial charge in [0.05, 0.1) is 18.3 Å². The van der Waals surface area contributed by atoms with Crippen LogP contribution in [0.15, 0.2) is 60.7 Å². The molecule has 2 aromatic carbocycles. The second-order valence-corrected chi connectivity index (χ2v) is 5.41. The van der Waals surface area contributed by atoms with Gasteiger partial charge in [-0.1, -0.05) is 36.4 Å². The van der Waals surface area contributed by atoms with Crippen molar-refractivity contribution in [3.8, 4) is 5.69 Å². The van der Waals surface area contributed by atoms with Gasteiger partial charge in [0.2, 0.25) is 0 Å². The summed E-state index contributed by atoms with van der Waals surface area (Å²) in [4.78, 5) is 2.07. The Morgan fingerprint density at radius 2 is 1.70 bits per heavy atom. The Bertz CT molecular complexity index is 727. The number of benzene rings is 2. The van der Waals surface area contributed by atoms with Crippen molar-refractivity contribution in [2.75, 3.05) is 11.4 Å². The fraction of sp³-hybridized carbons (Fsp3) is 0.235. The van der Waals surface area contributed by atoms with Crippen molar-refractivity contribution in [2.24, 2.45) is 0 Å². The third-order valence-electron chi connectivity index (χ3n) is 3.47. The largest absolute Gasteiger partial charge is 0.392 e. The Hall–Kier alpha value is -2.73. The molecule has 0 aliphatic heterocycles. The topological polar surface area (TPSA) is 67.1 Å². The number of para-hydroxylation sites is 2. The first-order valence-electron chi connectivity index (χ1n) is 7.55. The molecular formula is C17H19N5O. The average molecular weight is 309 g/mol. The zero-order chi connectivity index (χ0) is 16.1. The summed E-state index contributed by atoms with van der Waals surface area (Å²) in [6.45, 7) is 2.79. The molecule has 3 aromatic rings. The number of hydrogen-bond acceptors (Lipinski definition) is 5. The van der Waals surface area contributed by atoms with Gasteiger partial charge >= 0.3 is 0 Å². The molecule has 0 radical (unpaired) electrons. The molecule has 23 heavy (non-hydrogen) atoms. The number of aliphatic hydroxyl groups is 1. The SMILES string of the molecule is C[C@@H](O)CN(Cc1nnnn1-c1ccccc1)c1ccccc1. The fourth-order valence-electron chi connectivity index (χ4n) is 2.46. The minimum absolute atomic E-state index is 0.448. The van der Waals surface area contributed by atoms with Crippen molar-refractivity contribution in [2.45, 2.75) is 19.6 Å². The molecule has 0 bridgehead atoms. The van der Waals surface area contributed by atoms with Crippen molar-refractivity contribution < 1.29 is 5.11 Å². The van der Waals surface area contributed by atoms with Crippen LogP contribution >= 0.6 is 0 Å². The molecule has 0 aliphatic rings. The van der Waals surface area contributed by atoms with E-state index in [1.54, 1.807) is 11.6 Å². The van der Waals surface area contributed by atoms with Crippen molar-refractivity contribution >= 4 is 5.69 Å². The van der Waals surface area contributed by atoms with E-state index in [1.165, 1.54) is 0 Å². The molecule has 0 saturated heterocycles. The van der Waals surface area contributed by atoms with E-state index >= 15 is 0 Å². The number of tetrazole rings is 1. The second-order valence-electron chi connectivity index (χ2n) is 5.41. The van der Waals surface area contributed by atoms with Gasteiger partial charge in [-0.25, -0.2) is 0 Å². The first kappa shape index (κ1) is 15.2. The molecule has 6 nitrogen and oxygen atoms in total. The van der Waals surface area contributed by atoms with Gasteiger partial charge in [-0.3, -0.25) is 0 Å². The molecule has 3 rings (SSSR count). The predicted octanol–water partition coefficient (Wildman–Crippen LogP) is 2.05. The number of aliphatic hydroxyl groups excluding tert-OH is 1. The van der Waals surface area contributed by atoms with Gasteiger partial charge in [0.15, 0.2) is 5.82 Å². The van der Waals surface area contributed by atoms with E-state index in [2.05, 4.69) is 20.4 Å². The molecule has 0 unspecified atom stereocenters. The normalized spacial score (nSPS) is 12.1. The summed E-state index contributed by atoms with van der Waals surface area (Å²) in [5.74, 6) is 0.723. The van der Waals surface area contributed by atoms with Crippen LogP contribution in [0.2, 0.25) is 0 Å². The Labute approximate surface area is 135 Å². The molecule has 6 heteroatoms. The van der Waals surface area contributed by atoms with E-state index in [1.807, 2.05) is 60.7 Å². The number of rotatable bonds is 6. The molecule has 1 atom stereocenters. The highest BCUT2D eigenvalue weighted by Gasteiger charge is 2.15. The van der Waals surface area contributed by atoms with E-state index in [-0.39, 0.29) is 0 Å². The van der Waals surface area contributed by atoms with Gasteiger partial charge in [-0.2, -0.15) is 4.68 Å². The van der Waals surface area contributed by atoms with Crippen LogP contribution in [0, 0.1) is 0 Å². The highest BCUT2D eigenvalue weighted by Crippen LogP contribution is 2.17. The van der Waals surface area contributed by atoms with Gasteiger partial charge in [0.1, 0.15) is 0 Å². The Balaban J connectivity index is 1.88. The summed E-state index contributed by atoms with van der Waals surface area (Å²) in [5, 5.41) is 21.8. The van der Waals surface area contributed by atoms with Crippen LogP contribution in [0.3, 0.4) is 0 Å². The lowest BCUT2D eigenvalue weighted by Gasteiger charge is -2.25. The number of hydrogen-bond donors (Lipinski definition) is 1. The zero-order valence-electron chi connectivity index (χ0n) is 12.9. The number of aromatic nitrogens is 4. The van der Waals surface area contributed by atoms with E-state index < -0.39 is 6.10 Å². The van der Waals surface area contributed by atoms with Crippen LogP contribution in [-0.4, -0.2) is 38.0 Å². The van der Waals surface area contributed by atoms with Gasteiger partial charge in [0, 0.05) is 12.2 Å². The molecule has 118 valence electrons. The van der Waals surface area contributed by atoms with Crippen LogP contribution in [-0.2, 0) is 6.54 Å². The summed E-state index contributed by atoms with van der Waals surface area (Å²) in [6.07, 6.45) is -0.448. The lowest BCUT2D eigenvalue weighted by Crippen LogP contribution is -2.31. The highest BCUT2D eigenvalue weighted by molar-refractivity contribution is 5.46. The predicted molar refractivity (Wildman–Crippen MR) is 88.3 cm³/mol. The molecule has 0 fully saturated rings. The van der Waals surface area contributed by atoms with Gasteiger partial charge < -0.3 is 10.0 Å². The van der Waals surface area contributed by atoms with Crippen molar-refractivity contribution in [3.05, 3.63) is 66.5 Å². The number of anilines is 1. The van der Waals surface area contributed by atoms with Gasteiger partial charge in [0.25, 0.3) is 0 Å². The molecule has 1 aromatic heterocycles. The summed E-state index contributed by atoms with van der Waals surface area (Å²) in [6, 6.07) is 19.7. The Morgan fingerprint density at radius 1 is 1.04 bits per heavy atom. The molecular weight excluding hydrogens is 290 g/mol. The van der Waals surface area contributed by atoms with Gasteiger partial charge in [-0.05, 0) is 41.6 Å². The van der Waals surface area contributed by atoms with Crippen LogP contribution in [0.25, 0.3) is 5.69 Å². The second kappa shape index (κ2) is 7.02. The molecule has 0 aliphatic carbocycles.